The van der Waals surface area contributed by atoms with Crippen LogP contribution < -0.4 is 11.1 Å². The fourth-order valence-electron chi connectivity index (χ4n) is 2.57. The normalized spacial score (nSPS) is 16.0. The van der Waals surface area contributed by atoms with Crippen LogP contribution in [-0.2, 0) is 22.5 Å². The molecule has 6 nitrogen and oxygen atoms in total. The number of rotatable bonds is 4. The van der Waals surface area contributed by atoms with Crippen LogP contribution in [0.25, 0.3) is 0 Å². The second-order valence-electron chi connectivity index (χ2n) is 5.53. The van der Waals surface area contributed by atoms with Crippen LogP contribution in [0.15, 0.2) is 48.5 Å². The molecule has 122 valence electrons. The summed E-state index contributed by atoms with van der Waals surface area (Å²) in [7, 11) is 0. The lowest BCUT2D eigenvalue weighted by molar-refractivity contribution is -0.130. The number of amides is 2. The topological polar surface area (TPSA) is 98.5 Å². The zero-order valence-corrected chi connectivity index (χ0v) is 12.8. The number of fused-ring (bicyclic) bond motifs is 1. The average Bonchev–Trinajstić information content (AvgIpc) is 2.60. The van der Waals surface area contributed by atoms with E-state index < -0.39 is 18.0 Å². The highest BCUT2D eigenvalue weighted by atomic mass is 16.5. The smallest absolute Gasteiger partial charge is 0.339 e. The SMILES string of the molecule is NC(=O)c1ccc(CNC(=O)[C@H]2Cc3ccccc3C(=O)O2)cc1. The third kappa shape index (κ3) is 3.27. The van der Waals surface area contributed by atoms with Gasteiger partial charge in [-0.1, -0.05) is 30.3 Å². The van der Waals surface area contributed by atoms with E-state index in [4.69, 9.17) is 10.5 Å². The molecular weight excluding hydrogens is 308 g/mol. The highest BCUT2D eigenvalue weighted by molar-refractivity contribution is 5.95. The summed E-state index contributed by atoms with van der Waals surface area (Å²) in [4.78, 5) is 35.2. The van der Waals surface area contributed by atoms with Crippen molar-refractivity contribution in [1.29, 1.82) is 0 Å². The van der Waals surface area contributed by atoms with Gasteiger partial charge in [-0.3, -0.25) is 9.59 Å². The lowest BCUT2D eigenvalue weighted by atomic mass is 9.98. The molecule has 0 fully saturated rings. The Hall–Kier alpha value is -3.15. The van der Waals surface area contributed by atoms with E-state index in [1.165, 1.54) is 0 Å². The van der Waals surface area contributed by atoms with E-state index >= 15 is 0 Å². The molecule has 0 aliphatic carbocycles. The molecule has 2 aromatic carbocycles. The van der Waals surface area contributed by atoms with Gasteiger partial charge in [-0.05, 0) is 29.3 Å². The van der Waals surface area contributed by atoms with Crippen LogP contribution in [0.2, 0.25) is 0 Å². The van der Waals surface area contributed by atoms with E-state index in [2.05, 4.69) is 5.32 Å². The molecule has 0 aromatic heterocycles. The van der Waals surface area contributed by atoms with Crippen molar-refractivity contribution in [3.63, 3.8) is 0 Å². The van der Waals surface area contributed by atoms with Crippen molar-refractivity contribution < 1.29 is 19.1 Å². The Labute approximate surface area is 138 Å². The molecule has 24 heavy (non-hydrogen) atoms. The summed E-state index contributed by atoms with van der Waals surface area (Å²) < 4.78 is 5.20. The summed E-state index contributed by atoms with van der Waals surface area (Å²) in [5.41, 5.74) is 7.71. The predicted octanol–water partition coefficient (Wildman–Crippen LogP) is 1.18. The van der Waals surface area contributed by atoms with Crippen LogP contribution in [0.1, 0.15) is 31.8 Å². The molecule has 0 spiro atoms. The molecule has 0 saturated heterocycles. The average molecular weight is 324 g/mol. The maximum Gasteiger partial charge on any atom is 0.339 e. The maximum absolute atomic E-state index is 12.2. The van der Waals surface area contributed by atoms with Crippen LogP contribution in [-0.4, -0.2) is 23.9 Å². The van der Waals surface area contributed by atoms with Gasteiger partial charge in [-0.2, -0.15) is 0 Å². The number of hydrogen-bond donors (Lipinski definition) is 2. The minimum absolute atomic E-state index is 0.271. The third-order valence-electron chi connectivity index (χ3n) is 3.89. The number of cyclic esters (lactones) is 1. The number of esters is 1. The predicted molar refractivity (Wildman–Crippen MR) is 86.2 cm³/mol. The highest BCUT2D eigenvalue weighted by Gasteiger charge is 2.30. The molecule has 0 bridgehead atoms. The van der Waals surface area contributed by atoms with Crippen molar-refractivity contribution >= 4 is 17.8 Å². The first-order valence-corrected chi connectivity index (χ1v) is 7.50. The number of nitrogens with one attached hydrogen (secondary N) is 1. The van der Waals surface area contributed by atoms with E-state index in [1.54, 1.807) is 36.4 Å². The minimum atomic E-state index is -0.836. The molecule has 0 unspecified atom stereocenters. The first-order valence-electron chi connectivity index (χ1n) is 7.50. The quantitative estimate of drug-likeness (QED) is 0.825. The molecule has 3 rings (SSSR count). The molecule has 1 heterocycles. The Balaban J connectivity index is 1.62. The monoisotopic (exact) mass is 324 g/mol. The first kappa shape index (κ1) is 15.7. The van der Waals surface area contributed by atoms with Gasteiger partial charge in [-0.15, -0.1) is 0 Å². The Morgan fingerprint density at radius 3 is 2.54 bits per heavy atom. The van der Waals surface area contributed by atoms with E-state index in [0.29, 0.717) is 17.5 Å². The van der Waals surface area contributed by atoms with Gasteiger partial charge in [0.1, 0.15) is 0 Å². The van der Waals surface area contributed by atoms with E-state index in [0.717, 1.165) is 11.1 Å². The van der Waals surface area contributed by atoms with Crippen molar-refractivity contribution in [2.24, 2.45) is 5.73 Å². The number of benzene rings is 2. The lowest BCUT2D eigenvalue weighted by Gasteiger charge is -2.23. The van der Waals surface area contributed by atoms with Gasteiger partial charge in [0.15, 0.2) is 6.10 Å². The Kier molecular flexibility index (Phi) is 4.29. The summed E-state index contributed by atoms with van der Waals surface area (Å²) in [6.45, 7) is 0.271. The van der Waals surface area contributed by atoms with E-state index in [9.17, 15) is 14.4 Å². The van der Waals surface area contributed by atoms with Gasteiger partial charge in [0, 0.05) is 18.5 Å². The van der Waals surface area contributed by atoms with Crippen molar-refractivity contribution in [3.8, 4) is 0 Å². The van der Waals surface area contributed by atoms with Crippen LogP contribution in [0.5, 0.6) is 0 Å². The number of carbonyl (C=O) groups excluding carboxylic acids is 3. The largest absolute Gasteiger partial charge is 0.448 e. The summed E-state index contributed by atoms with van der Waals surface area (Å²) in [6, 6.07) is 13.7. The van der Waals surface area contributed by atoms with Gasteiger partial charge >= 0.3 is 5.97 Å². The first-order chi connectivity index (χ1) is 11.5. The Bertz CT molecular complexity index is 799. The van der Waals surface area contributed by atoms with Crippen molar-refractivity contribution in [2.75, 3.05) is 0 Å². The molecule has 0 saturated carbocycles. The van der Waals surface area contributed by atoms with Gasteiger partial charge in [0.05, 0.1) is 5.56 Å². The van der Waals surface area contributed by atoms with Crippen molar-refractivity contribution in [2.45, 2.75) is 19.1 Å². The molecule has 0 radical (unpaired) electrons. The Morgan fingerprint density at radius 2 is 1.83 bits per heavy atom. The summed E-state index contributed by atoms with van der Waals surface area (Å²) in [6.07, 6.45) is -0.480. The maximum atomic E-state index is 12.2. The van der Waals surface area contributed by atoms with Crippen molar-refractivity contribution in [1.82, 2.24) is 5.32 Å². The van der Waals surface area contributed by atoms with Gasteiger partial charge in [0.25, 0.3) is 5.91 Å². The van der Waals surface area contributed by atoms with Gasteiger partial charge in [-0.25, -0.2) is 4.79 Å². The molecule has 1 atom stereocenters. The molecular formula is C18H16N2O4. The molecule has 1 aliphatic rings. The standard InChI is InChI=1S/C18H16N2O4/c19-16(21)12-7-5-11(6-8-12)10-20-17(22)15-9-13-3-1-2-4-14(13)18(23)24-15/h1-8,15H,9-10H2,(H2,19,21)(H,20,22)/t15-/m1/s1. The number of hydrogen-bond acceptors (Lipinski definition) is 4. The zero-order chi connectivity index (χ0) is 17.1. The number of ether oxygens (including phenoxy) is 1. The molecule has 2 aromatic rings. The Morgan fingerprint density at radius 1 is 1.12 bits per heavy atom. The number of carbonyl (C=O) groups is 3. The minimum Gasteiger partial charge on any atom is -0.448 e. The fourth-order valence-corrected chi connectivity index (χ4v) is 2.57. The summed E-state index contributed by atoms with van der Waals surface area (Å²) >= 11 is 0. The molecule has 3 N–H and O–H groups in total. The molecule has 6 heteroatoms. The van der Waals surface area contributed by atoms with Crippen LogP contribution in [0, 0.1) is 0 Å². The number of primary amides is 1. The second-order valence-corrected chi connectivity index (χ2v) is 5.53. The van der Waals surface area contributed by atoms with Gasteiger partial charge in [0.2, 0.25) is 5.91 Å². The second kappa shape index (κ2) is 6.54. The van der Waals surface area contributed by atoms with E-state index in [-0.39, 0.29) is 12.5 Å². The van der Waals surface area contributed by atoms with E-state index in [1.807, 2.05) is 12.1 Å². The zero-order valence-electron chi connectivity index (χ0n) is 12.8. The van der Waals surface area contributed by atoms with Crippen LogP contribution >= 0.6 is 0 Å². The lowest BCUT2D eigenvalue weighted by Crippen LogP contribution is -2.41. The van der Waals surface area contributed by atoms with Gasteiger partial charge < -0.3 is 15.8 Å². The highest BCUT2D eigenvalue weighted by Crippen LogP contribution is 2.20. The van der Waals surface area contributed by atoms with Crippen molar-refractivity contribution in [3.05, 3.63) is 70.8 Å². The summed E-state index contributed by atoms with van der Waals surface area (Å²) in [5, 5.41) is 2.74. The van der Waals surface area contributed by atoms with Crippen LogP contribution in [0.4, 0.5) is 0 Å². The third-order valence-corrected chi connectivity index (χ3v) is 3.89. The number of nitrogens with two attached hydrogens (primary N) is 1. The fraction of sp³-hybridized carbons (Fsp3) is 0.167. The molecule has 1 aliphatic heterocycles. The summed E-state index contributed by atoms with van der Waals surface area (Å²) in [5.74, 6) is -1.34. The van der Waals surface area contributed by atoms with Crippen LogP contribution in [0.3, 0.4) is 0 Å². The molecule has 2 amide bonds.